The minimum Gasteiger partial charge on any atom is -0.461 e. The quantitative estimate of drug-likeness (QED) is 0.817. The summed E-state index contributed by atoms with van der Waals surface area (Å²) in [7, 11) is 0. The first-order valence-corrected chi connectivity index (χ1v) is 7.42. The van der Waals surface area contributed by atoms with E-state index in [-0.39, 0.29) is 23.7 Å². The Morgan fingerprint density at radius 1 is 1.20 bits per heavy atom. The minimum atomic E-state index is -4.65. The van der Waals surface area contributed by atoms with Crippen LogP contribution >= 0.6 is 11.6 Å². The second-order valence-corrected chi connectivity index (χ2v) is 5.18. The van der Waals surface area contributed by atoms with Crippen LogP contribution in [-0.4, -0.2) is 23.5 Å². The molecule has 1 amide bonds. The van der Waals surface area contributed by atoms with Crippen molar-refractivity contribution in [2.24, 2.45) is 0 Å². The molecule has 0 aliphatic heterocycles. The fraction of sp³-hybridized carbons (Fsp3) is 0.188. The van der Waals surface area contributed by atoms with Crippen LogP contribution in [0, 0.1) is 0 Å². The van der Waals surface area contributed by atoms with Crippen molar-refractivity contribution in [1.29, 1.82) is 0 Å². The van der Waals surface area contributed by atoms with Crippen molar-refractivity contribution < 1.29 is 27.5 Å². The van der Waals surface area contributed by atoms with Gasteiger partial charge in [-0.2, -0.15) is 13.2 Å². The largest absolute Gasteiger partial charge is 0.461 e. The van der Waals surface area contributed by atoms with Gasteiger partial charge in [0.15, 0.2) is 0 Å². The molecule has 1 N–H and O–H groups in total. The molecule has 0 aliphatic carbocycles. The number of alkyl halides is 3. The van der Waals surface area contributed by atoms with Crippen LogP contribution in [0.4, 0.5) is 18.9 Å². The average Bonchev–Trinajstić information content (AvgIpc) is 2.56. The second-order valence-electron chi connectivity index (χ2n) is 4.78. The first-order chi connectivity index (χ1) is 11.7. The van der Waals surface area contributed by atoms with Gasteiger partial charge >= 0.3 is 12.1 Å². The number of carbonyl (C=O) groups is 2. The lowest BCUT2D eigenvalue weighted by atomic mass is 10.2. The summed E-state index contributed by atoms with van der Waals surface area (Å²) >= 11 is 5.52. The van der Waals surface area contributed by atoms with Crippen molar-refractivity contribution in [2.75, 3.05) is 11.9 Å². The highest BCUT2D eigenvalue weighted by Gasteiger charge is 2.33. The number of hydrogen-bond donors (Lipinski definition) is 1. The van der Waals surface area contributed by atoms with Crippen LogP contribution in [0.3, 0.4) is 0 Å². The van der Waals surface area contributed by atoms with Gasteiger partial charge in [0.1, 0.15) is 11.4 Å². The number of halogens is 4. The topological polar surface area (TPSA) is 68.3 Å². The van der Waals surface area contributed by atoms with Gasteiger partial charge in [0.25, 0.3) is 5.91 Å². The smallest absolute Gasteiger partial charge is 0.417 e. The first-order valence-electron chi connectivity index (χ1n) is 7.04. The Kier molecular flexibility index (Phi) is 5.63. The summed E-state index contributed by atoms with van der Waals surface area (Å²) in [5.74, 6) is -1.48. The molecule has 0 unspecified atom stereocenters. The molecular weight excluding hydrogens is 361 g/mol. The molecule has 2 aromatic rings. The van der Waals surface area contributed by atoms with Gasteiger partial charge in [-0.05, 0) is 37.3 Å². The molecule has 132 valence electrons. The predicted molar refractivity (Wildman–Crippen MR) is 84.6 cm³/mol. The molecule has 0 spiro atoms. The third-order valence-electron chi connectivity index (χ3n) is 3.00. The van der Waals surface area contributed by atoms with E-state index in [0.29, 0.717) is 0 Å². The molecular formula is C16H12ClF3N2O3. The van der Waals surface area contributed by atoms with Crippen LogP contribution in [0.5, 0.6) is 0 Å². The summed E-state index contributed by atoms with van der Waals surface area (Å²) in [6.07, 6.45) is -4.65. The Hall–Kier alpha value is -2.61. The maximum Gasteiger partial charge on any atom is 0.417 e. The molecule has 1 aromatic heterocycles. The van der Waals surface area contributed by atoms with Gasteiger partial charge in [0.2, 0.25) is 0 Å². The molecule has 25 heavy (non-hydrogen) atoms. The molecule has 5 nitrogen and oxygen atoms in total. The zero-order valence-corrected chi connectivity index (χ0v) is 13.6. The van der Waals surface area contributed by atoms with Gasteiger partial charge in [-0.1, -0.05) is 17.7 Å². The highest BCUT2D eigenvalue weighted by Crippen LogP contribution is 2.36. The van der Waals surface area contributed by atoms with E-state index in [0.717, 1.165) is 12.1 Å². The first kappa shape index (κ1) is 18.7. The lowest BCUT2D eigenvalue weighted by molar-refractivity contribution is -0.137. The fourth-order valence-electron chi connectivity index (χ4n) is 1.90. The molecule has 1 aromatic carbocycles. The standard InChI is InChI=1S/C16H12ClF3N2O3/c1-2-25-15(24)13-5-3-4-12(22-13)14(23)21-9-6-7-11(17)10(8-9)16(18,19)20/h3-8H,2H2,1H3,(H,21,23). The van der Waals surface area contributed by atoms with Crippen molar-refractivity contribution in [2.45, 2.75) is 13.1 Å². The molecule has 0 saturated heterocycles. The molecule has 0 fully saturated rings. The molecule has 0 bridgehead atoms. The molecule has 2 rings (SSSR count). The molecule has 0 aliphatic rings. The summed E-state index contributed by atoms with van der Waals surface area (Å²) in [6.45, 7) is 1.76. The van der Waals surface area contributed by atoms with Crippen molar-refractivity contribution in [3.63, 3.8) is 0 Å². The monoisotopic (exact) mass is 372 g/mol. The Balaban J connectivity index is 2.23. The van der Waals surface area contributed by atoms with Crippen molar-refractivity contribution in [3.8, 4) is 0 Å². The van der Waals surface area contributed by atoms with E-state index in [1.807, 2.05) is 0 Å². The zero-order chi connectivity index (χ0) is 18.6. The summed E-state index contributed by atoms with van der Waals surface area (Å²) in [5.41, 5.74) is -1.40. The van der Waals surface area contributed by atoms with E-state index in [2.05, 4.69) is 10.3 Å². The lowest BCUT2D eigenvalue weighted by Crippen LogP contribution is -2.17. The van der Waals surface area contributed by atoms with Gasteiger partial charge in [0, 0.05) is 5.69 Å². The van der Waals surface area contributed by atoms with Gasteiger partial charge < -0.3 is 10.1 Å². The number of rotatable bonds is 4. The van der Waals surface area contributed by atoms with E-state index in [1.165, 1.54) is 24.3 Å². The molecule has 0 atom stereocenters. The summed E-state index contributed by atoms with van der Waals surface area (Å²) in [6, 6.07) is 7.07. The molecule has 0 saturated carbocycles. The van der Waals surface area contributed by atoms with Crippen LogP contribution in [0.1, 0.15) is 33.5 Å². The SMILES string of the molecule is CCOC(=O)c1cccc(C(=O)Nc2ccc(Cl)c(C(F)(F)F)c2)n1. The lowest BCUT2D eigenvalue weighted by Gasteiger charge is -2.11. The molecule has 9 heteroatoms. The third-order valence-corrected chi connectivity index (χ3v) is 3.33. The number of esters is 1. The zero-order valence-electron chi connectivity index (χ0n) is 12.9. The van der Waals surface area contributed by atoms with Crippen LogP contribution in [0.2, 0.25) is 5.02 Å². The van der Waals surface area contributed by atoms with Gasteiger partial charge in [-0.3, -0.25) is 4.79 Å². The summed E-state index contributed by atoms with van der Waals surface area (Å²) in [4.78, 5) is 27.6. The van der Waals surface area contributed by atoms with Gasteiger partial charge in [-0.15, -0.1) is 0 Å². The van der Waals surface area contributed by atoms with Crippen molar-refractivity contribution in [3.05, 3.63) is 58.4 Å². The number of amides is 1. The normalized spacial score (nSPS) is 11.1. The fourth-order valence-corrected chi connectivity index (χ4v) is 2.12. The van der Waals surface area contributed by atoms with E-state index in [4.69, 9.17) is 16.3 Å². The highest BCUT2D eigenvalue weighted by atomic mass is 35.5. The van der Waals surface area contributed by atoms with E-state index in [9.17, 15) is 22.8 Å². The Bertz CT molecular complexity index is 809. The maximum absolute atomic E-state index is 12.8. The number of nitrogens with zero attached hydrogens (tertiary/aromatic N) is 1. The number of ether oxygens (including phenoxy) is 1. The Morgan fingerprint density at radius 3 is 2.52 bits per heavy atom. The Labute approximate surface area is 145 Å². The molecule has 0 radical (unpaired) electrons. The molecule has 1 heterocycles. The van der Waals surface area contributed by atoms with E-state index < -0.39 is 28.6 Å². The highest BCUT2D eigenvalue weighted by molar-refractivity contribution is 6.31. The number of anilines is 1. The van der Waals surface area contributed by atoms with Gasteiger partial charge in [0.05, 0.1) is 17.2 Å². The maximum atomic E-state index is 12.8. The van der Waals surface area contributed by atoms with Crippen molar-refractivity contribution >= 4 is 29.2 Å². The number of hydrogen-bond acceptors (Lipinski definition) is 4. The second kappa shape index (κ2) is 7.52. The number of pyridine rings is 1. The van der Waals surface area contributed by atoms with E-state index >= 15 is 0 Å². The third kappa shape index (κ3) is 4.69. The Morgan fingerprint density at radius 2 is 1.88 bits per heavy atom. The van der Waals surface area contributed by atoms with Crippen molar-refractivity contribution in [1.82, 2.24) is 4.98 Å². The number of benzene rings is 1. The van der Waals surface area contributed by atoms with Crippen LogP contribution in [-0.2, 0) is 10.9 Å². The number of carbonyl (C=O) groups excluding carboxylic acids is 2. The van der Waals surface area contributed by atoms with Crippen LogP contribution in [0.15, 0.2) is 36.4 Å². The number of aromatic nitrogens is 1. The van der Waals surface area contributed by atoms with Gasteiger partial charge in [-0.25, -0.2) is 9.78 Å². The number of nitrogens with one attached hydrogen (secondary N) is 1. The minimum absolute atomic E-state index is 0.0819. The predicted octanol–water partition coefficient (Wildman–Crippen LogP) is 4.18. The van der Waals surface area contributed by atoms with Crippen LogP contribution < -0.4 is 5.32 Å². The van der Waals surface area contributed by atoms with E-state index in [1.54, 1.807) is 6.92 Å². The summed E-state index contributed by atoms with van der Waals surface area (Å²) < 4.78 is 43.3. The average molecular weight is 373 g/mol. The summed E-state index contributed by atoms with van der Waals surface area (Å²) in [5, 5.41) is 1.81. The van der Waals surface area contributed by atoms with Crippen LogP contribution in [0.25, 0.3) is 0 Å².